The van der Waals surface area contributed by atoms with Crippen LogP contribution in [0.1, 0.15) is 17.9 Å². The van der Waals surface area contributed by atoms with Crippen molar-refractivity contribution in [3.8, 4) is 0 Å². The first-order chi connectivity index (χ1) is 11.4. The number of nitrogens with one attached hydrogen (secondary N) is 1. The van der Waals surface area contributed by atoms with Crippen molar-refractivity contribution >= 4 is 55.8 Å². The Bertz CT molecular complexity index is 869. The molecule has 3 rings (SSSR count). The van der Waals surface area contributed by atoms with Crippen LogP contribution in [-0.4, -0.2) is 35.9 Å². The maximum atomic E-state index is 13.0. The summed E-state index contributed by atoms with van der Waals surface area (Å²) in [6.45, 7) is 1.75. The van der Waals surface area contributed by atoms with Gasteiger partial charge < -0.3 is 5.32 Å². The summed E-state index contributed by atoms with van der Waals surface area (Å²) in [7, 11) is -3.71. The summed E-state index contributed by atoms with van der Waals surface area (Å²) in [5, 5.41) is 2.94. The summed E-state index contributed by atoms with van der Waals surface area (Å²) in [4.78, 5) is 15.0. The van der Waals surface area contributed by atoms with Crippen molar-refractivity contribution in [2.24, 2.45) is 0 Å². The highest BCUT2D eigenvalue weighted by Gasteiger charge is 2.38. The first kappa shape index (κ1) is 17.7. The lowest BCUT2D eigenvalue weighted by molar-refractivity contribution is -0.114. The molecule has 0 radical (unpaired) electrons. The van der Waals surface area contributed by atoms with Crippen LogP contribution in [0.4, 0.5) is 5.13 Å². The van der Waals surface area contributed by atoms with Crippen LogP contribution in [0.5, 0.6) is 0 Å². The van der Waals surface area contributed by atoms with Crippen molar-refractivity contribution < 1.29 is 13.2 Å². The predicted molar refractivity (Wildman–Crippen MR) is 97.0 cm³/mol. The van der Waals surface area contributed by atoms with Gasteiger partial charge in [0.05, 0.1) is 11.6 Å². The van der Waals surface area contributed by atoms with Gasteiger partial charge >= 0.3 is 0 Å². The lowest BCUT2D eigenvalue weighted by atomic mass is 10.2. The summed E-state index contributed by atoms with van der Waals surface area (Å²) < 4.78 is 27.4. The Morgan fingerprint density at radius 3 is 2.88 bits per heavy atom. The zero-order chi connectivity index (χ0) is 17.3. The topological polar surface area (TPSA) is 79.4 Å². The second-order valence-electron chi connectivity index (χ2n) is 5.03. The van der Waals surface area contributed by atoms with Gasteiger partial charge in [0.2, 0.25) is 5.91 Å². The van der Waals surface area contributed by atoms with E-state index in [9.17, 15) is 13.2 Å². The number of aromatic nitrogens is 1. The van der Waals surface area contributed by atoms with Crippen LogP contribution in [0.25, 0.3) is 0 Å². The average molecular weight is 404 g/mol. The number of carbonyl (C=O) groups is 1. The fourth-order valence-corrected chi connectivity index (χ4v) is 7.10. The van der Waals surface area contributed by atoms with E-state index in [0.29, 0.717) is 17.3 Å². The highest BCUT2D eigenvalue weighted by atomic mass is 35.5. The number of amides is 1. The Balaban J connectivity index is 1.92. The van der Waals surface area contributed by atoms with Crippen molar-refractivity contribution in [3.63, 3.8) is 0 Å². The zero-order valence-corrected chi connectivity index (χ0v) is 15.8. The van der Waals surface area contributed by atoms with E-state index >= 15 is 0 Å². The van der Waals surface area contributed by atoms with E-state index in [-0.39, 0.29) is 20.6 Å². The number of benzene rings is 1. The maximum absolute atomic E-state index is 13.0. The van der Waals surface area contributed by atoms with Gasteiger partial charge in [-0.2, -0.15) is 4.31 Å². The van der Waals surface area contributed by atoms with Crippen molar-refractivity contribution in [1.29, 1.82) is 0 Å². The van der Waals surface area contributed by atoms with Crippen LogP contribution in [0.2, 0.25) is 5.02 Å². The second kappa shape index (κ2) is 7.01. The highest BCUT2D eigenvalue weighted by Crippen LogP contribution is 2.44. The first-order valence-corrected chi connectivity index (χ1v) is 10.7. The maximum Gasteiger partial charge on any atom is 0.255 e. The molecule has 6 nitrogen and oxygen atoms in total. The van der Waals surface area contributed by atoms with E-state index in [2.05, 4.69) is 10.3 Å². The zero-order valence-electron chi connectivity index (χ0n) is 12.6. The molecule has 0 saturated carbocycles. The number of carbonyl (C=O) groups excluding carboxylic acids is 1. The molecule has 0 spiro atoms. The number of halogens is 1. The largest absolute Gasteiger partial charge is 0.302 e. The molecule has 2 heterocycles. The molecule has 1 N–H and O–H groups in total. The predicted octanol–water partition coefficient (Wildman–Crippen LogP) is 3.19. The van der Waals surface area contributed by atoms with E-state index < -0.39 is 10.0 Å². The standard InChI is InChI=1S/C14H14ClN3O3S3/c1-9(19)17-14-16-8-12(23-14)24(20,21)18-6-7-22-13(18)10-4-2-3-5-11(10)15/h2-5,8,13H,6-7H2,1H3,(H,16,17,19). The molecule has 1 fully saturated rings. The molecule has 24 heavy (non-hydrogen) atoms. The third kappa shape index (κ3) is 3.45. The number of anilines is 1. The lowest BCUT2D eigenvalue weighted by Crippen LogP contribution is -2.30. The molecule has 1 unspecified atom stereocenters. The molecular weight excluding hydrogens is 390 g/mol. The van der Waals surface area contributed by atoms with E-state index in [1.165, 1.54) is 29.2 Å². The van der Waals surface area contributed by atoms with Gasteiger partial charge in [-0.15, -0.1) is 11.8 Å². The smallest absolute Gasteiger partial charge is 0.255 e. The van der Waals surface area contributed by atoms with Crippen LogP contribution in [0, 0.1) is 0 Å². The van der Waals surface area contributed by atoms with Gasteiger partial charge in [-0.05, 0) is 11.6 Å². The van der Waals surface area contributed by atoms with Gasteiger partial charge in [0.15, 0.2) is 9.34 Å². The lowest BCUT2D eigenvalue weighted by Gasteiger charge is -2.23. The monoisotopic (exact) mass is 403 g/mol. The van der Waals surface area contributed by atoms with E-state index in [0.717, 1.165) is 16.9 Å². The summed E-state index contributed by atoms with van der Waals surface area (Å²) in [5.41, 5.74) is 0.775. The normalized spacial score (nSPS) is 18.7. The van der Waals surface area contributed by atoms with E-state index in [1.807, 2.05) is 18.2 Å². The minimum absolute atomic E-state index is 0.103. The molecule has 1 saturated heterocycles. The highest BCUT2D eigenvalue weighted by molar-refractivity contribution is 8.01. The van der Waals surface area contributed by atoms with Crippen molar-refractivity contribution in [2.75, 3.05) is 17.6 Å². The number of thiazole rings is 1. The van der Waals surface area contributed by atoms with Crippen LogP contribution < -0.4 is 5.32 Å². The molecule has 0 aliphatic carbocycles. The third-order valence-electron chi connectivity index (χ3n) is 3.35. The van der Waals surface area contributed by atoms with E-state index in [4.69, 9.17) is 11.6 Å². The Kier molecular flexibility index (Phi) is 5.16. The van der Waals surface area contributed by atoms with Gasteiger partial charge in [-0.25, -0.2) is 13.4 Å². The Hall–Kier alpha value is -1.13. The number of hydrogen-bond acceptors (Lipinski definition) is 6. The molecule has 1 atom stereocenters. The number of thioether (sulfide) groups is 1. The van der Waals surface area contributed by atoms with Crippen molar-refractivity contribution in [2.45, 2.75) is 16.5 Å². The van der Waals surface area contributed by atoms with E-state index in [1.54, 1.807) is 6.07 Å². The molecule has 1 amide bonds. The summed E-state index contributed by atoms with van der Waals surface area (Å²) in [6.07, 6.45) is 1.28. The van der Waals surface area contributed by atoms with Crippen molar-refractivity contribution in [1.82, 2.24) is 9.29 Å². The number of nitrogens with zero attached hydrogens (tertiary/aromatic N) is 2. The van der Waals surface area contributed by atoms with Gasteiger partial charge in [0.25, 0.3) is 10.0 Å². The number of sulfonamides is 1. The first-order valence-electron chi connectivity index (χ1n) is 7.01. The Morgan fingerprint density at radius 1 is 1.42 bits per heavy atom. The van der Waals surface area contributed by atoms with Crippen molar-refractivity contribution in [3.05, 3.63) is 41.0 Å². The molecular formula is C14H14ClN3O3S3. The quantitative estimate of drug-likeness (QED) is 0.847. The van der Waals surface area contributed by atoms with Crippen LogP contribution in [0.15, 0.2) is 34.7 Å². The molecule has 1 aliphatic rings. The Morgan fingerprint density at radius 2 is 2.17 bits per heavy atom. The van der Waals surface area contributed by atoms with Gasteiger partial charge in [-0.1, -0.05) is 41.1 Å². The summed E-state index contributed by atoms with van der Waals surface area (Å²) in [6, 6.07) is 7.24. The molecule has 1 aromatic carbocycles. The van der Waals surface area contributed by atoms with Gasteiger partial charge in [0.1, 0.15) is 0 Å². The summed E-state index contributed by atoms with van der Waals surface area (Å²) >= 11 is 8.71. The van der Waals surface area contributed by atoms with Crippen LogP contribution in [-0.2, 0) is 14.8 Å². The fraction of sp³-hybridized carbons (Fsp3) is 0.286. The SMILES string of the molecule is CC(=O)Nc1ncc(S(=O)(=O)N2CCSC2c2ccccc2Cl)s1. The number of rotatable bonds is 4. The number of hydrogen-bond donors (Lipinski definition) is 1. The second-order valence-corrected chi connectivity index (χ2v) is 9.77. The van der Waals surface area contributed by atoms with Gasteiger partial charge in [0, 0.05) is 24.2 Å². The van der Waals surface area contributed by atoms with Gasteiger partial charge in [-0.3, -0.25) is 4.79 Å². The van der Waals surface area contributed by atoms with Crippen LogP contribution >= 0.6 is 34.7 Å². The van der Waals surface area contributed by atoms with Crippen LogP contribution in [0.3, 0.4) is 0 Å². The third-order valence-corrected chi connectivity index (χ3v) is 8.28. The molecule has 128 valence electrons. The average Bonchev–Trinajstić information content (AvgIpc) is 3.16. The minimum atomic E-state index is -3.71. The molecule has 10 heteroatoms. The minimum Gasteiger partial charge on any atom is -0.302 e. The summed E-state index contributed by atoms with van der Waals surface area (Å²) in [5.74, 6) is 0.394. The molecule has 1 aliphatic heterocycles. The fourth-order valence-electron chi connectivity index (χ4n) is 2.32. The Labute approximate surface area is 153 Å². The molecule has 1 aromatic heterocycles. The molecule has 0 bridgehead atoms. The molecule has 2 aromatic rings.